The molecule has 0 atom stereocenters. The number of hydrogen-bond donors (Lipinski definition) is 1. The number of nitrogens with zero attached hydrogens (tertiary/aromatic N) is 2. The topological polar surface area (TPSA) is 92.5 Å². The minimum absolute atomic E-state index is 0.102. The van der Waals surface area contributed by atoms with E-state index in [1.54, 1.807) is 43.4 Å². The number of furan rings is 1. The highest BCUT2D eigenvalue weighted by atomic mass is 32.2. The highest BCUT2D eigenvalue weighted by Crippen LogP contribution is 2.31. The van der Waals surface area contributed by atoms with Crippen LogP contribution in [0.2, 0.25) is 0 Å². The van der Waals surface area contributed by atoms with Crippen molar-refractivity contribution in [3.63, 3.8) is 0 Å². The standard InChI is InChI=1S/C23H23N3O4S2/c1-3-26(4-2)32(28,29)18-9-7-8-16(14-18)22(27)24-15-17-12-13-20(30-17)23-25-19-10-5-6-11-21(19)31-23/h5-14H,3-4,15H2,1-2H3,(H,24,27). The summed E-state index contributed by atoms with van der Waals surface area (Å²) in [4.78, 5) is 17.3. The number of thiazole rings is 1. The van der Waals surface area contributed by atoms with Crippen LogP contribution in [0.3, 0.4) is 0 Å². The van der Waals surface area contributed by atoms with Gasteiger partial charge in [-0.1, -0.05) is 32.0 Å². The van der Waals surface area contributed by atoms with Crippen LogP contribution < -0.4 is 5.32 Å². The number of rotatable bonds is 8. The second-order valence-electron chi connectivity index (χ2n) is 7.05. The molecule has 0 unspecified atom stereocenters. The molecule has 1 amide bonds. The van der Waals surface area contributed by atoms with E-state index in [1.165, 1.54) is 16.4 Å². The molecule has 0 aliphatic rings. The molecule has 0 saturated heterocycles. The number of nitrogens with one attached hydrogen (secondary N) is 1. The molecule has 0 bridgehead atoms. The van der Waals surface area contributed by atoms with Gasteiger partial charge in [-0.15, -0.1) is 11.3 Å². The molecule has 2 aromatic heterocycles. The number of hydrogen-bond acceptors (Lipinski definition) is 6. The van der Waals surface area contributed by atoms with Gasteiger partial charge in [0.05, 0.1) is 21.7 Å². The molecule has 2 heterocycles. The van der Waals surface area contributed by atoms with E-state index in [1.807, 2.05) is 30.3 Å². The highest BCUT2D eigenvalue weighted by molar-refractivity contribution is 7.89. The van der Waals surface area contributed by atoms with Crippen molar-refractivity contribution < 1.29 is 17.6 Å². The van der Waals surface area contributed by atoms with Crippen LogP contribution in [0.4, 0.5) is 0 Å². The van der Waals surface area contributed by atoms with Gasteiger partial charge in [-0.25, -0.2) is 13.4 Å². The van der Waals surface area contributed by atoms with Gasteiger partial charge in [0.25, 0.3) is 5.91 Å². The van der Waals surface area contributed by atoms with E-state index in [9.17, 15) is 13.2 Å². The fraction of sp³-hybridized carbons (Fsp3) is 0.217. The van der Waals surface area contributed by atoms with Gasteiger partial charge in [0.1, 0.15) is 5.76 Å². The van der Waals surface area contributed by atoms with Gasteiger partial charge in [-0.3, -0.25) is 4.79 Å². The average Bonchev–Trinajstić information content (AvgIpc) is 3.45. The summed E-state index contributed by atoms with van der Waals surface area (Å²) < 4.78 is 33.7. The van der Waals surface area contributed by atoms with Crippen LogP contribution in [-0.2, 0) is 16.6 Å². The van der Waals surface area contributed by atoms with Crippen molar-refractivity contribution in [2.45, 2.75) is 25.3 Å². The molecule has 9 heteroatoms. The summed E-state index contributed by atoms with van der Waals surface area (Å²) >= 11 is 1.54. The van der Waals surface area contributed by atoms with Crippen LogP contribution in [0, 0.1) is 0 Å². The van der Waals surface area contributed by atoms with E-state index >= 15 is 0 Å². The Bertz CT molecular complexity index is 1320. The van der Waals surface area contributed by atoms with Gasteiger partial charge in [0.2, 0.25) is 10.0 Å². The zero-order chi connectivity index (χ0) is 22.7. The van der Waals surface area contributed by atoms with Crippen LogP contribution in [0.5, 0.6) is 0 Å². The quantitative estimate of drug-likeness (QED) is 0.410. The third-order valence-corrected chi connectivity index (χ3v) is 8.13. The normalized spacial score (nSPS) is 11.8. The molecule has 0 aliphatic carbocycles. The molecule has 7 nitrogen and oxygen atoms in total. The number of amides is 1. The smallest absolute Gasteiger partial charge is 0.251 e. The molecule has 0 aliphatic heterocycles. The third-order valence-electron chi connectivity index (χ3n) is 5.03. The second kappa shape index (κ2) is 9.23. The first-order chi connectivity index (χ1) is 15.4. The summed E-state index contributed by atoms with van der Waals surface area (Å²) in [5.41, 5.74) is 1.19. The monoisotopic (exact) mass is 469 g/mol. The maximum Gasteiger partial charge on any atom is 0.251 e. The minimum Gasteiger partial charge on any atom is -0.457 e. The van der Waals surface area contributed by atoms with Gasteiger partial charge in [-0.05, 0) is 42.5 Å². The number of carbonyl (C=O) groups is 1. The van der Waals surface area contributed by atoms with E-state index < -0.39 is 10.0 Å². The Morgan fingerprint density at radius 1 is 1.06 bits per heavy atom. The number of fused-ring (bicyclic) bond motifs is 1. The lowest BCUT2D eigenvalue weighted by molar-refractivity contribution is 0.0948. The van der Waals surface area contributed by atoms with Crippen molar-refractivity contribution in [2.75, 3.05) is 13.1 Å². The number of benzene rings is 2. The highest BCUT2D eigenvalue weighted by Gasteiger charge is 2.22. The molecule has 0 spiro atoms. The van der Waals surface area contributed by atoms with Crippen molar-refractivity contribution in [1.29, 1.82) is 0 Å². The molecule has 1 N–H and O–H groups in total. The zero-order valence-electron chi connectivity index (χ0n) is 17.7. The molecular formula is C23H23N3O4S2. The van der Waals surface area contributed by atoms with Gasteiger partial charge >= 0.3 is 0 Å². The molecule has 32 heavy (non-hydrogen) atoms. The number of aromatic nitrogens is 1. The van der Waals surface area contributed by atoms with E-state index in [-0.39, 0.29) is 22.9 Å². The van der Waals surface area contributed by atoms with Crippen LogP contribution in [0.25, 0.3) is 21.0 Å². The van der Waals surface area contributed by atoms with Crippen LogP contribution in [-0.4, -0.2) is 36.7 Å². The number of sulfonamides is 1. The van der Waals surface area contributed by atoms with E-state index in [4.69, 9.17) is 4.42 Å². The van der Waals surface area contributed by atoms with E-state index in [0.29, 0.717) is 24.6 Å². The molecule has 2 aromatic carbocycles. The Hall–Kier alpha value is -3.01. The Morgan fingerprint density at radius 2 is 1.84 bits per heavy atom. The largest absolute Gasteiger partial charge is 0.457 e. The van der Waals surface area contributed by atoms with Gasteiger partial charge < -0.3 is 9.73 Å². The van der Waals surface area contributed by atoms with Crippen molar-refractivity contribution in [3.05, 3.63) is 72.0 Å². The summed E-state index contributed by atoms with van der Waals surface area (Å²) in [5.74, 6) is 0.849. The summed E-state index contributed by atoms with van der Waals surface area (Å²) in [5, 5.41) is 3.56. The lowest BCUT2D eigenvalue weighted by atomic mass is 10.2. The Morgan fingerprint density at radius 3 is 2.59 bits per heavy atom. The Kier molecular flexibility index (Phi) is 6.40. The second-order valence-corrected chi connectivity index (χ2v) is 10.0. The van der Waals surface area contributed by atoms with Gasteiger partial charge in [-0.2, -0.15) is 4.31 Å². The fourth-order valence-corrected chi connectivity index (χ4v) is 5.78. The number of carbonyl (C=O) groups excluding carboxylic acids is 1. The Labute approximate surface area is 190 Å². The lowest BCUT2D eigenvalue weighted by Gasteiger charge is -2.18. The number of para-hydroxylation sites is 1. The SMILES string of the molecule is CCN(CC)S(=O)(=O)c1cccc(C(=O)NCc2ccc(-c3nc4ccccc4s3)o2)c1. The average molecular weight is 470 g/mol. The van der Waals surface area contributed by atoms with Gasteiger partial charge in [0, 0.05) is 18.7 Å². The zero-order valence-corrected chi connectivity index (χ0v) is 19.4. The van der Waals surface area contributed by atoms with Crippen LogP contribution in [0.1, 0.15) is 30.0 Å². The summed E-state index contributed by atoms with van der Waals surface area (Å²) in [6.45, 7) is 4.47. The maximum atomic E-state index is 12.7. The van der Waals surface area contributed by atoms with Gasteiger partial charge in [0.15, 0.2) is 10.8 Å². The minimum atomic E-state index is -3.63. The molecular weight excluding hydrogens is 446 g/mol. The van der Waals surface area contributed by atoms with Crippen molar-refractivity contribution in [3.8, 4) is 10.8 Å². The molecule has 0 saturated carbocycles. The van der Waals surface area contributed by atoms with E-state index in [2.05, 4.69) is 10.3 Å². The summed E-state index contributed by atoms with van der Waals surface area (Å²) in [6, 6.07) is 17.6. The summed E-state index contributed by atoms with van der Waals surface area (Å²) in [7, 11) is -3.63. The van der Waals surface area contributed by atoms with Crippen LogP contribution >= 0.6 is 11.3 Å². The van der Waals surface area contributed by atoms with Crippen molar-refractivity contribution >= 4 is 37.5 Å². The molecule has 0 fully saturated rings. The van der Waals surface area contributed by atoms with Crippen molar-refractivity contribution in [2.24, 2.45) is 0 Å². The predicted molar refractivity (Wildman–Crippen MR) is 125 cm³/mol. The van der Waals surface area contributed by atoms with Crippen molar-refractivity contribution in [1.82, 2.24) is 14.6 Å². The first kappa shape index (κ1) is 22.2. The Balaban J connectivity index is 1.45. The maximum absolute atomic E-state index is 12.7. The predicted octanol–water partition coefficient (Wildman–Crippen LogP) is 4.52. The van der Waals surface area contributed by atoms with E-state index in [0.717, 1.165) is 15.2 Å². The first-order valence-electron chi connectivity index (χ1n) is 10.3. The molecule has 4 rings (SSSR count). The first-order valence-corrected chi connectivity index (χ1v) is 12.5. The molecule has 0 radical (unpaired) electrons. The lowest BCUT2D eigenvalue weighted by Crippen LogP contribution is -2.31. The fourth-order valence-electron chi connectivity index (χ4n) is 3.35. The third kappa shape index (κ3) is 4.45. The molecule has 166 valence electrons. The summed E-state index contributed by atoms with van der Waals surface area (Å²) in [6.07, 6.45) is 0. The van der Waals surface area contributed by atoms with Crippen LogP contribution in [0.15, 0.2) is 70.0 Å². The molecule has 4 aromatic rings.